The highest BCUT2D eigenvalue weighted by Crippen LogP contribution is 2.53. The topological polar surface area (TPSA) is 6.48 Å². The summed E-state index contributed by atoms with van der Waals surface area (Å²) in [6.07, 6.45) is 4.47. The van der Waals surface area contributed by atoms with Crippen LogP contribution in [-0.4, -0.2) is 0 Å². The van der Waals surface area contributed by atoms with E-state index in [4.69, 9.17) is 0 Å². The molecule has 8 aromatic carbocycles. The molecule has 0 heterocycles. The molecule has 2 heteroatoms. The summed E-state index contributed by atoms with van der Waals surface area (Å²) in [7, 11) is 0. The lowest BCUT2D eigenvalue weighted by molar-refractivity contribution is 0.660. The monoisotopic (exact) mass is 760 g/mol. The van der Waals surface area contributed by atoms with Crippen LogP contribution in [0.25, 0.3) is 34.4 Å². The molecule has 2 aliphatic carbocycles. The van der Waals surface area contributed by atoms with Gasteiger partial charge in [0.2, 0.25) is 0 Å². The fourth-order valence-corrected chi connectivity index (χ4v) is 9.49. The lowest BCUT2D eigenvalue weighted by Gasteiger charge is -2.29. The van der Waals surface area contributed by atoms with Crippen molar-refractivity contribution in [3.8, 4) is 22.3 Å². The van der Waals surface area contributed by atoms with Gasteiger partial charge in [0.1, 0.15) is 0 Å². The Morgan fingerprint density at radius 3 is 1.27 bits per heavy atom. The molecule has 2 aliphatic rings. The summed E-state index contributed by atoms with van der Waals surface area (Å²) >= 11 is 0. The number of hydrogen-bond donors (Lipinski definition) is 0. The first-order chi connectivity index (χ1) is 28.7. The van der Waals surface area contributed by atoms with Gasteiger partial charge in [-0.15, -0.1) is 0 Å². The molecule has 0 saturated heterocycles. The van der Waals surface area contributed by atoms with Crippen LogP contribution in [0, 0.1) is 6.92 Å². The fraction of sp³-hybridized carbons (Fsp3) is 0.123. The van der Waals surface area contributed by atoms with E-state index in [0.29, 0.717) is 0 Å². The van der Waals surface area contributed by atoms with Gasteiger partial charge in [-0.25, -0.2) is 0 Å². The summed E-state index contributed by atoms with van der Waals surface area (Å²) < 4.78 is 0. The van der Waals surface area contributed by atoms with Crippen molar-refractivity contribution in [1.29, 1.82) is 0 Å². The molecular formula is C57H48N2. The molecule has 0 unspecified atom stereocenters. The zero-order chi connectivity index (χ0) is 40.3. The zero-order valence-electron chi connectivity index (χ0n) is 34.4. The van der Waals surface area contributed by atoms with Gasteiger partial charge < -0.3 is 9.80 Å². The highest BCUT2D eigenvalue weighted by Gasteiger charge is 2.38. The minimum atomic E-state index is -0.176. The van der Waals surface area contributed by atoms with E-state index in [9.17, 15) is 0 Å². The molecule has 0 N–H and O–H groups in total. The summed E-state index contributed by atoms with van der Waals surface area (Å²) in [4.78, 5) is 4.74. The van der Waals surface area contributed by atoms with Crippen molar-refractivity contribution in [3.63, 3.8) is 0 Å². The minimum absolute atomic E-state index is 0.0794. The minimum Gasteiger partial charge on any atom is -0.311 e. The number of aryl methyl sites for hydroxylation is 1. The Hall–Kier alpha value is -6.90. The second-order valence-corrected chi connectivity index (χ2v) is 17.2. The maximum Gasteiger partial charge on any atom is 0.0465 e. The second kappa shape index (κ2) is 14.2. The molecule has 0 atom stereocenters. The van der Waals surface area contributed by atoms with Crippen molar-refractivity contribution in [1.82, 2.24) is 0 Å². The highest BCUT2D eigenvalue weighted by atomic mass is 15.1. The molecule has 0 amide bonds. The van der Waals surface area contributed by atoms with Gasteiger partial charge >= 0.3 is 0 Å². The van der Waals surface area contributed by atoms with E-state index in [1.165, 1.54) is 67.0 Å². The maximum absolute atomic E-state index is 2.44. The Balaban J connectivity index is 0.960. The lowest BCUT2D eigenvalue weighted by Crippen LogP contribution is -2.18. The average Bonchev–Trinajstić information content (AvgIpc) is 3.63. The average molecular weight is 761 g/mol. The van der Waals surface area contributed by atoms with Gasteiger partial charge in [-0.2, -0.15) is 0 Å². The third-order valence-corrected chi connectivity index (χ3v) is 12.7. The molecule has 0 saturated carbocycles. The largest absolute Gasteiger partial charge is 0.311 e. The van der Waals surface area contributed by atoms with Crippen LogP contribution in [0.15, 0.2) is 188 Å². The van der Waals surface area contributed by atoms with E-state index < -0.39 is 0 Å². The van der Waals surface area contributed by atoms with Gasteiger partial charge in [0.25, 0.3) is 0 Å². The smallest absolute Gasteiger partial charge is 0.0465 e. The van der Waals surface area contributed by atoms with Crippen molar-refractivity contribution in [2.45, 2.75) is 45.4 Å². The summed E-state index contributed by atoms with van der Waals surface area (Å²) in [5.41, 5.74) is 21.1. The first kappa shape index (κ1) is 36.4. The first-order valence-electron chi connectivity index (χ1n) is 20.8. The quantitative estimate of drug-likeness (QED) is 0.142. The van der Waals surface area contributed by atoms with Gasteiger partial charge in [-0.1, -0.05) is 161 Å². The van der Waals surface area contributed by atoms with E-state index in [-0.39, 0.29) is 10.8 Å². The third-order valence-electron chi connectivity index (χ3n) is 12.7. The van der Waals surface area contributed by atoms with E-state index in [0.717, 1.165) is 28.3 Å². The summed E-state index contributed by atoms with van der Waals surface area (Å²) in [5, 5.41) is 0. The van der Waals surface area contributed by atoms with Crippen LogP contribution < -0.4 is 9.80 Å². The van der Waals surface area contributed by atoms with Crippen molar-refractivity contribution >= 4 is 46.3 Å². The summed E-state index contributed by atoms with van der Waals surface area (Å²) in [5.74, 6) is 0. The van der Waals surface area contributed by atoms with Crippen LogP contribution in [0.5, 0.6) is 0 Å². The maximum atomic E-state index is 2.44. The molecule has 0 radical (unpaired) electrons. The first-order valence-corrected chi connectivity index (χ1v) is 20.8. The number of benzene rings is 8. The van der Waals surface area contributed by atoms with E-state index in [2.05, 4.69) is 245 Å². The number of anilines is 6. The predicted octanol–water partition coefficient (Wildman–Crippen LogP) is 15.7. The number of hydrogen-bond acceptors (Lipinski definition) is 2. The molecular weight excluding hydrogens is 713 g/mol. The molecule has 286 valence electrons. The van der Waals surface area contributed by atoms with Crippen molar-refractivity contribution in [2.75, 3.05) is 9.80 Å². The van der Waals surface area contributed by atoms with E-state index >= 15 is 0 Å². The predicted molar refractivity (Wildman–Crippen MR) is 251 cm³/mol. The van der Waals surface area contributed by atoms with Crippen LogP contribution in [0.4, 0.5) is 34.1 Å². The lowest BCUT2D eigenvalue weighted by atomic mass is 9.81. The standard InChI is InChI=1S/C57H48N2/c1-39-20-27-44(28-21-39)59(46-31-34-50-48-18-12-13-19-52(48)56(2,3)54(50)37-46)47-32-35-51-49-33-26-41(36-53(49)57(4,5)55(51)38-47)23-22-40-24-29-45(30-25-40)58(42-14-8-6-9-15-42)43-16-10-7-11-17-43/h6-38H,1-5H3/b23-22+. The molecule has 59 heavy (non-hydrogen) atoms. The van der Waals surface area contributed by atoms with Crippen LogP contribution in [0.1, 0.15) is 66.6 Å². The fourth-order valence-electron chi connectivity index (χ4n) is 9.49. The Morgan fingerprint density at radius 2 is 0.695 bits per heavy atom. The van der Waals surface area contributed by atoms with E-state index in [1.807, 2.05) is 0 Å². The van der Waals surface area contributed by atoms with Crippen LogP contribution in [0.2, 0.25) is 0 Å². The van der Waals surface area contributed by atoms with Crippen LogP contribution >= 0.6 is 0 Å². The van der Waals surface area contributed by atoms with Crippen molar-refractivity contribution in [3.05, 3.63) is 227 Å². The molecule has 8 aromatic rings. The van der Waals surface area contributed by atoms with Crippen LogP contribution in [-0.2, 0) is 10.8 Å². The normalized spacial score (nSPS) is 14.1. The molecule has 0 bridgehead atoms. The Morgan fingerprint density at radius 1 is 0.322 bits per heavy atom. The van der Waals surface area contributed by atoms with Crippen molar-refractivity contribution < 1.29 is 0 Å². The number of fused-ring (bicyclic) bond motifs is 6. The highest BCUT2D eigenvalue weighted by molar-refractivity contribution is 5.89. The second-order valence-electron chi connectivity index (χ2n) is 17.2. The summed E-state index contributed by atoms with van der Waals surface area (Å²) in [6.45, 7) is 11.6. The molecule has 0 aromatic heterocycles. The Kier molecular flexibility index (Phi) is 8.76. The van der Waals surface area contributed by atoms with Gasteiger partial charge in [0.05, 0.1) is 0 Å². The molecule has 0 fully saturated rings. The van der Waals surface area contributed by atoms with Crippen LogP contribution in [0.3, 0.4) is 0 Å². The molecule has 2 nitrogen and oxygen atoms in total. The van der Waals surface area contributed by atoms with Crippen molar-refractivity contribution in [2.24, 2.45) is 0 Å². The Labute approximate surface area is 349 Å². The van der Waals surface area contributed by atoms with Gasteiger partial charge in [0.15, 0.2) is 0 Å². The number of para-hydroxylation sites is 2. The zero-order valence-corrected chi connectivity index (χ0v) is 34.4. The third kappa shape index (κ3) is 6.28. The SMILES string of the molecule is Cc1ccc(N(c2ccc3c(c2)C(C)(C)c2ccccc2-3)c2ccc3c(c2)C(C)(C)c2cc(/C=C/c4ccc(N(c5ccccc5)c5ccccc5)cc4)ccc2-3)cc1. The number of rotatable bonds is 8. The van der Waals surface area contributed by atoms with E-state index in [1.54, 1.807) is 0 Å². The van der Waals surface area contributed by atoms with Gasteiger partial charge in [-0.05, 0) is 135 Å². The molecule has 0 aliphatic heterocycles. The Bertz CT molecular complexity index is 2820. The molecule has 0 spiro atoms. The molecule has 10 rings (SSSR count). The van der Waals surface area contributed by atoms with Gasteiger partial charge in [0, 0.05) is 45.0 Å². The number of nitrogens with zero attached hydrogens (tertiary/aromatic N) is 2. The summed E-state index contributed by atoms with van der Waals surface area (Å²) in [6, 6.07) is 68.9. The van der Waals surface area contributed by atoms with Gasteiger partial charge in [-0.3, -0.25) is 0 Å².